The number of benzene rings is 1. The summed E-state index contributed by atoms with van der Waals surface area (Å²) in [6, 6.07) is 8.71. The minimum Gasteiger partial charge on any atom is -0.481 e. The number of hydrogen-bond donors (Lipinski definition) is 1. The third kappa shape index (κ3) is 4.44. The molecule has 0 radical (unpaired) electrons. The number of terminal acetylenes is 1. The topological polar surface area (TPSA) is 77.7 Å². The predicted octanol–water partition coefficient (Wildman–Crippen LogP) is 3.17. The van der Waals surface area contributed by atoms with Crippen LogP contribution in [-0.2, 0) is 19.5 Å². The molecule has 1 aromatic carbocycles. The number of ether oxygens (including phenoxy) is 1. The van der Waals surface area contributed by atoms with Gasteiger partial charge in [-0.1, -0.05) is 24.1 Å². The standard InChI is InChI=1S/C22H26N6O/c1-2-13-29-21-6-4-3-5-17(21)14-27-10-7-18(8-11-27)28-12-9-19-20(15-28)24-16-25-22(19)26-23/h1,3-6,16,18,23H,7-15H2. The number of piperidine rings is 1. The van der Waals surface area contributed by atoms with Gasteiger partial charge in [0.15, 0.2) is 5.82 Å². The molecule has 0 unspecified atom stereocenters. The second-order valence-corrected chi connectivity index (χ2v) is 7.56. The smallest absolute Gasteiger partial charge is 0.180 e. The Morgan fingerprint density at radius 2 is 2.03 bits per heavy atom. The SMILES string of the molecule is C#CCOc1ccccc1CN1CCC(N2CCc3c(ncnc3N=N)C2)CC1. The summed E-state index contributed by atoms with van der Waals surface area (Å²) in [5.74, 6) is 3.94. The van der Waals surface area contributed by atoms with Crippen molar-refractivity contribution in [3.8, 4) is 18.1 Å². The molecule has 29 heavy (non-hydrogen) atoms. The first kappa shape index (κ1) is 19.5. The van der Waals surface area contributed by atoms with Crippen molar-refractivity contribution >= 4 is 5.82 Å². The van der Waals surface area contributed by atoms with Gasteiger partial charge in [0.2, 0.25) is 0 Å². The van der Waals surface area contributed by atoms with Gasteiger partial charge in [0.1, 0.15) is 18.7 Å². The second-order valence-electron chi connectivity index (χ2n) is 7.56. The molecule has 0 bridgehead atoms. The average molecular weight is 390 g/mol. The zero-order valence-electron chi connectivity index (χ0n) is 16.5. The van der Waals surface area contributed by atoms with Crippen LogP contribution in [0.25, 0.3) is 0 Å². The van der Waals surface area contributed by atoms with Crippen LogP contribution in [0.2, 0.25) is 0 Å². The Morgan fingerprint density at radius 3 is 2.83 bits per heavy atom. The first-order chi connectivity index (χ1) is 14.3. The van der Waals surface area contributed by atoms with Gasteiger partial charge in [0, 0.05) is 36.8 Å². The normalized spacial score (nSPS) is 18.0. The van der Waals surface area contributed by atoms with Gasteiger partial charge >= 0.3 is 0 Å². The van der Waals surface area contributed by atoms with Crippen molar-refractivity contribution in [3.63, 3.8) is 0 Å². The van der Waals surface area contributed by atoms with E-state index in [4.69, 9.17) is 16.7 Å². The maximum atomic E-state index is 7.29. The Kier molecular flexibility index (Phi) is 6.13. The number of fused-ring (bicyclic) bond motifs is 1. The predicted molar refractivity (Wildman–Crippen MR) is 110 cm³/mol. The Morgan fingerprint density at radius 1 is 1.21 bits per heavy atom. The Labute approximate surface area is 171 Å². The molecule has 0 saturated carbocycles. The number of hydrogen-bond acceptors (Lipinski definition) is 7. The van der Waals surface area contributed by atoms with Gasteiger partial charge in [0.05, 0.1) is 5.69 Å². The van der Waals surface area contributed by atoms with E-state index in [1.165, 1.54) is 11.9 Å². The lowest BCUT2D eigenvalue weighted by Gasteiger charge is -2.40. The van der Waals surface area contributed by atoms with E-state index in [9.17, 15) is 0 Å². The number of aromatic nitrogens is 2. The lowest BCUT2D eigenvalue weighted by Crippen LogP contribution is -2.46. The molecule has 1 N–H and O–H groups in total. The van der Waals surface area contributed by atoms with E-state index in [2.05, 4.69) is 42.9 Å². The van der Waals surface area contributed by atoms with Gasteiger partial charge < -0.3 is 4.74 Å². The van der Waals surface area contributed by atoms with E-state index < -0.39 is 0 Å². The van der Waals surface area contributed by atoms with Crippen LogP contribution >= 0.6 is 0 Å². The molecule has 1 saturated heterocycles. The highest BCUT2D eigenvalue weighted by Crippen LogP contribution is 2.29. The van der Waals surface area contributed by atoms with Crippen molar-refractivity contribution in [1.82, 2.24) is 19.8 Å². The van der Waals surface area contributed by atoms with E-state index in [0.29, 0.717) is 18.5 Å². The van der Waals surface area contributed by atoms with E-state index in [1.54, 1.807) is 0 Å². The van der Waals surface area contributed by atoms with E-state index >= 15 is 0 Å². The zero-order chi connectivity index (χ0) is 20.1. The van der Waals surface area contributed by atoms with Gasteiger partial charge in [-0.15, -0.1) is 11.5 Å². The van der Waals surface area contributed by atoms with Gasteiger partial charge in [-0.25, -0.2) is 15.5 Å². The van der Waals surface area contributed by atoms with Crippen molar-refractivity contribution in [1.29, 1.82) is 5.53 Å². The molecule has 0 amide bonds. The third-order valence-corrected chi connectivity index (χ3v) is 5.87. The lowest BCUT2D eigenvalue weighted by atomic mass is 9.98. The fraction of sp³-hybridized carbons (Fsp3) is 0.455. The molecule has 4 rings (SSSR count). The zero-order valence-corrected chi connectivity index (χ0v) is 16.5. The van der Waals surface area contributed by atoms with Crippen LogP contribution < -0.4 is 4.74 Å². The van der Waals surface area contributed by atoms with E-state index in [-0.39, 0.29) is 0 Å². The van der Waals surface area contributed by atoms with E-state index in [1.807, 2.05) is 12.1 Å². The summed E-state index contributed by atoms with van der Waals surface area (Å²) in [4.78, 5) is 13.6. The molecule has 1 fully saturated rings. The van der Waals surface area contributed by atoms with Crippen molar-refractivity contribution in [3.05, 3.63) is 47.4 Å². The fourth-order valence-corrected chi connectivity index (χ4v) is 4.34. The van der Waals surface area contributed by atoms with Crippen LogP contribution in [-0.4, -0.2) is 52.1 Å². The number of rotatable bonds is 6. The van der Waals surface area contributed by atoms with Crippen molar-refractivity contribution in [2.24, 2.45) is 5.11 Å². The quantitative estimate of drug-likeness (QED) is 0.605. The number of nitrogens with one attached hydrogen (secondary N) is 1. The highest BCUT2D eigenvalue weighted by Gasteiger charge is 2.29. The van der Waals surface area contributed by atoms with Crippen LogP contribution in [0.5, 0.6) is 5.75 Å². The van der Waals surface area contributed by atoms with Crippen LogP contribution in [0.15, 0.2) is 35.7 Å². The summed E-state index contributed by atoms with van der Waals surface area (Å²) >= 11 is 0. The minimum atomic E-state index is 0.300. The monoisotopic (exact) mass is 390 g/mol. The molecular formula is C22H26N6O. The Hall–Kier alpha value is -2.82. The van der Waals surface area contributed by atoms with Crippen molar-refractivity contribution in [2.45, 2.75) is 38.4 Å². The van der Waals surface area contributed by atoms with E-state index in [0.717, 1.165) is 69.0 Å². The molecule has 0 atom stereocenters. The Balaban J connectivity index is 1.34. The number of para-hydroxylation sites is 1. The molecule has 2 aliphatic heterocycles. The van der Waals surface area contributed by atoms with Crippen LogP contribution in [0.1, 0.15) is 29.7 Å². The average Bonchev–Trinajstić information content (AvgIpc) is 2.78. The lowest BCUT2D eigenvalue weighted by molar-refractivity contribution is 0.0931. The number of nitrogens with zero attached hydrogens (tertiary/aromatic N) is 5. The molecular weight excluding hydrogens is 364 g/mol. The highest BCUT2D eigenvalue weighted by atomic mass is 16.5. The summed E-state index contributed by atoms with van der Waals surface area (Å²) in [6.45, 7) is 5.12. The first-order valence-electron chi connectivity index (χ1n) is 10.1. The Bertz CT molecular complexity index is 900. The van der Waals surface area contributed by atoms with Crippen LogP contribution in [0.4, 0.5) is 5.82 Å². The molecule has 3 heterocycles. The minimum absolute atomic E-state index is 0.300. The molecule has 150 valence electrons. The molecule has 0 aliphatic carbocycles. The summed E-state index contributed by atoms with van der Waals surface area (Å²) < 4.78 is 5.69. The fourth-order valence-electron chi connectivity index (χ4n) is 4.34. The maximum Gasteiger partial charge on any atom is 0.180 e. The first-order valence-corrected chi connectivity index (χ1v) is 10.1. The highest BCUT2D eigenvalue weighted by molar-refractivity contribution is 5.41. The molecule has 2 aliphatic rings. The third-order valence-electron chi connectivity index (χ3n) is 5.87. The molecule has 7 nitrogen and oxygen atoms in total. The maximum absolute atomic E-state index is 7.29. The summed E-state index contributed by atoms with van der Waals surface area (Å²) in [5.41, 5.74) is 10.6. The number of likely N-dealkylation sites (tertiary alicyclic amines) is 1. The largest absolute Gasteiger partial charge is 0.481 e. The molecule has 2 aromatic rings. The summed E-state index contributed by atoms with van der Waals surface area (Å²) in [7, 11) is 0. The van der Waals surface area contributed by atoms with Crippen LogP contribution in [0.3, 0.4) is 0 Å². The summed E-state index contributed by atoms with van der Waals surface area (Å²) in [6.07, 6.45) is 10.0. The van der Waals surface area contributed by atoms with Crippen molar-refractivity contribution in [2.75, 3.05) is 26.2 Å². The molecule has 1 aromatic heterocycles. The summed E-state index contributed by atoms with van der Waals surface area (Å²) in [5, 5.41) is 3.55. The molecule has 0 spiro atoms. The molecule has 7 heteroatoms. The van der Waals surface area contributed by atoms with Gasteiger partial charge in [-0.05, 0) is 38.4 Å². The van der Waals surface area contributed by atoms with Crippen molar-refractivity contribution < 1.29 is 4.74 Å². The van der Waals surface area contributed by atoms with Crippen LogP contribution in [0, 0.1) is 17.9 Å². The van der Waals surface area contributed by atoms with Gasteiger partial charge in [-0.3, -0.25) is 9.80 Å². The van der Waals surface area contributed by atoms with Gasteiger partial charge in [0.25, 0.3) is 0 Å². The van der Waals surface area contributed by atoms with Gasteiger partial charge in [-0.2, -0.15) is 0 Å². The second kappa shape index (κ2) is 9.12.